The number of aliphatic imine (C=N–C) groups is 1. The number of hydrogen-bond acceptors (Lipinski definition) is 5. The number of ether oxygens (including phenoxy) is 1. The van der Waals surface area contributed by atoms with Gasteiger partial charge in [-0.05, 0) is 31.5 Å². The molecule has 28 heavy (non-hydrogen) atoms. The van der Waals surface area contributed by atoms with Gasteiger partial charge in [-0.25, -0.2) is 12.8 Å². The fourth-order valence-electron chi connectivity index (χ4n) is 2.87. The fourth-order valence-corrected chi connectivity index (χ4v) is 3.21. The van der Waals surface area contributed by atoms with Gasteiger partial charge in [0.2, 0.25) is 0 Å². The molecule has 1 saturated heterocycles. The molecule has 2 N–H and O–H groups in total. The van der Waals surface area contributed by atoms with E-state index < -0.39 is 14.6 Å². The van der Waals surface area contributed by atoms with Crippen molar-refractivity contribution < 1.29 is 17.5 Å². The van der Waals surface area contributed by atoms with E-state index in [-0.39, 0.29) is 18.4 Å². The summed E-state index contributed by atoms with van der Waals surface area (Å²) in [6.07, 6.45) is 1.23. The van der Waals surface area contributed by atoms with E-state index in [1.165, 1.54) is 18.4 Å². The highest BCUT2D eigenvalue weighted by Crippen LogP contribution is 2.21. The maximum atomic E-state index is 13.3. The van der Waals surface area contributed by atoms with E-state index in [4.69, 9.17) is 4.74 Å². The molecule has 0 spiro atoms. The number of morpholine rings is 1. The van der Waals surface area contributed by atoms with Crippen LogP contribution in [0.3, 0.4) is 0 Å². The van der Waals surface area contributed by atoms with Crippen molar-refractivity contribution in [1.29, 1.82) is 0 Å². The van der Waals surface area contributed by atoms with Gasteiger partial charge in [-0.15, -0.1) is 0 Å². The van der Waals surface area contributed by atoms with Crippen molar-refractivity contribution in [2.45, 2.75) is 24.6 Å². The Morgan fingerprint density at radius 3 is 2.39 bits per heavy atom. The summed E-state index contributed by atoms with van der Waals surface area (Å²) >= 11 is 0. The third-order valence-corrected chi connectivity index (χ3v) is 7.26. The van der Waals surface area contributed by atoms with Gasteiger partial charge in [0.05, 0.1) is 24.0 Å². The maximum absolute atomic E-state index is 13.3. The Labute approximate surface area is 167 Å². The van der Waals surface area contributed by atoms with Gasteiger partial charge in [-0.2, -0.15) is 0 Å². The van der Waals surface area contributed by atoms with Crippen LogP contribution in [-0.2, 0) is 14.6 Å². The Morgan fingerprint density at radius 2 is 1.86 bits per heavy atom. The van der Waals surface area contributed by atoms with Crippen molar-refractivity contribution in [3.05, 3.63) is 35.6 Å². The Bertz CT molecular complexity index is 760. The zero-order chi connectivity index (χ0) is 20.8. The third kappa shape index (κ3) is 6.15. The van der Waals surface area contributed by atoms with Crippen molar-refractivity contribution >= 4 is 15.8 Å². The molecule has 1 aliphatic rings. The topological polar surface area (TPSA) is 83.0 Å². The number of rotatable bonds is 7. The molecule has 0 bridgehead atoms. The maximum Gasteiger partial charge on any atom is 0.191 e. The number of hydrogen-bond donors (Lipinski definition) is 2. The zero-order valence-corrected chi connectivity index (χ0v) is 17.9. The van der Waals surface area contributed by atoms with E-state index in [0.29, 0.717) is 25.7 Å². The Morgan fingerprint density at radius 1 is 1.25 bits per heavy atom. The third-order valence-electron chi connectivity index (χ3n) is 5.11. The van der Waals surface area contributed by atoms with E-state index in [1.807, 2.05) is 0 Å². The van der Waals surface area contributed by atoms with Gasteiger partial charge >= 0.3 is 0 Å². The minimum atomic E-state index is -3.20. The second-order valence-electron chi connectivity index (χ2n) is 7.55. The fraction of sp³-hybridized carbons (Fsp3) is 0.632. The van der Waals surface area contributed by atoms with Gasteiger partial charge in [0.25, 0.3) is 0 Å². The SMILES string of the molecule is CN=C(NCC(c1ccc(F)cc1)N1CCOCC1)NCC(C)(C)S(C)(=O)=O. The van der Waals surface area contributed by atoms with Gasteiger partial charge in [0.15, 0.2) is 15.8 Å². The molecule has 1 atom stereocenters. The van der Waals surface area contributed by atoms with Crippen LogP contribution in [0.2, 0.25) is 0 Å². The summed E-state index contributed by atoms with van der Waals surface area (Å²) in [6, 6.07) is 6.53. The van der Waals surface area contributed by atoms with E-state index >= 15 is 0 Å². The van der Waals surface area contributed by atoms with E-state index in [1.54, 1.807) is 33.0 Å². The van der Waals surface area contributed by atoms with Crippen LogP contribution >= 0.6 is 0 Å². The van der Waals surface area contributed by atoms with E-state index in [9.17, 15) is 12.8 Å². The van der Waals surface area contributed by atoms with Crippen molar-refractivity contribution in [2.24, 2.45) is 4.99 Å². The Hall–Kier alpha value is -1.71. The monoisotopic (exact) mass is 414 g/mol. The van der Waals surface area contributed by atoms with Crippen LogP contribution in [0.1, 0.15) is 25.5 Å². The highest BCUT2D eigenvalue weighted by atomic mass is 32.2. The average Bonchev–Trinajstić information content (AvgIpc) is 2.65. The van der Waals surface area contributed by atoms with Crippen molar-refractivity contribution in [2.75, 3.05) is 52.7 Å². The van der Waals surface area contributed by atoms with Gasteiger partial charge < -0.3 is 15.4 Å². The molecule has 9 heteroatoms. The Balaban J connectivity index is 2.05. The molecule has 0 aromatic heterocycles. The molecule has 1 aliphatic heterocycles. The van der Waals surface area contributed by atoms with Crippen LogP contribution in [0.25, 0.3) is 0 Å². The van der Waals surface area contributed by atoms with Crippen LogP contribution in [0.15, 0.2) is 29.3 Å². The smallest absolute Gasteiger partial charge is 0.191 e. The molecule has 1 fully saturated rings. The van der Waals surface area contributed by atoms with Crippen LogP contribution in [-0.4, -0.2) is 76.7 Å². The van der Waals surface area contributed by atoms with Crippen molar-refractivity contribution in [3.63, 3.8) is 0 Å². The van der Waals surface area contributed by atoms with Crippen molar-refractivity contribution in [1.82, 2.24) is 15.5 Å². The molecule has 1 heterocycles. The molecule has 1 aromatic rings. The molecule has 7 nitrogen and oxygen atoms in total. The number of halogens is 1. The molecular formula is C19H31FN4O3S. The van der Waals surface area contributed by atoms with E-state index in [0.717, 1.165) is 18.7 Å². The summed E-state index contributed by atoms with van der Waals surface area (Å²) in [5, 5.41) is 6.36. The first-order valence-corrected chi connectivity index (χ1v) is 11.2. The molecule has 2 rings (SSSR count). The first kappa shape index (κ1) is 22.6. The van der Waals surface area contributed by atoms with Crippen LogP contribution in [0.5, 0.6) is 0 Å². The predicted octanol–water partition coefficient (Wildman–Crippen LogP) is 1.19. The molecule has 1 aromatic carbocycles. The lowest BCUT2D eigenvalue weighted by atomic mass is 10.0. The summed E-state index contributed by atoms with van der Waals surface area (Å²) < 4.78 is 41.7. The van der Waals surface area contributed by atoms with E-state index in [2.05, 4.69) is 20.5 Å². The second kappa shape index (κ2) is 9.67. The lowest BCUT2D eigenvalue weighted by Gasteiger charge is -2.35. The second-order valence-corrected chi connectivity index (χ2v) is 10.2. The summed E-state index contributed by atoms with van der Waals surface area (Å²) in [5.74, 6) is 0.259. The van der Waals surface area contributed by atoms with Crippen LogP contribution in [0, 0.1) is 5.82 Å². The first-order chi connectivity index (χ1) is 13.1. The minimum absolute atomic E-state index is 0.0194. The van der Waals surface area contributed by atoms with Crippen LogP contribution < -0.4 is 10.6 Å². The van der Waals surface area contributed by atoms with Gasteiger partial charge in [0.1, 0.15) is 5.82 Å². The molecule has 0 radical (unpaired) electrons. The number of nitrogens with zero attached hydrogens (tertiary/aromatic N) is 2. The summed E-state index contributed by atoms with van der Waals surface area (Å²) in [5.41, 5.74) is 1.00. The predicted molar refractivity (Wildman–Crippen MR) is 110 cm³/mol. The molecule has 158 valence electrons. The zero-order valence-electron chi connectivity index (χ0n) is 17.0. The standard InChI is InChI=1S/C19H31FN4O3S/c1-19(2,28(4,25)26)14-23-18(21-3)22-13-17(24-9-11-27-12-10-24)15-5-7-16(20)8-6-15/h5-8,17H,9-14H2,1-4H3,(H2,21,22,23). The molecule has 1 unspecified atom stereocenters. The van der Waals surface area contributed by atoms with Gasteiger partial charge in [0, 0.05) is 39.5 Å². The molecular weight excluding hydrogens is 383 g/mol. The number of nitrogens with one attached hydrogen (secondary N) is 2. The quantitative estimate of drug-likeness (QED) is 0.515. The normalized spacial score (nSPS) is 18.0. The molecule has 0 saturated carbocycles. The molecule has 0 amide bonds. The lowest BCUT2D eigenvalue weighted by molar-refractivity contribution is 0.0170. The summed E-state index contributed by atoms with van der Waals surface area (Å²) in [6.45, 7) is 7.04. The largest absolute Gasteiger partial charge is 0.379 e. The molecule has 0 aliphatic carbocycles. The highest BCUT2D eigenvalue weighted by Gasteiger charge is 2.30. The van der Waals surface area contributed by atoms with Crippen LogP contribution in [0.4, 0.5) is 4.39 Å². The van der Waals surface area contributed by atoms with Gasteiger partial charge in [-0.3, -0.25) is 9.89 Å². The highest BCUT2D eigenvalue weighted by molar-refractivity contribution is 7.92. The average molecular weight is 415 g/mol. The lowest BCUT2D eigenvalue weighted by Crippen LogP contribution is -2.50. The van der Waals surface area contributed by atoms with Gasteiger partial charge in [-0.1, -0.05) is 12.1 Å². The number of benzene rings is 1. The number of sulfone groups is 1. The first-order valence-electron chi connectivity index (χ1n) is 9.35. The number of guanidine groups is 1. The Kier molecular flexibility index (Phi) is 7.79. The summed E-state index contributed by atoms with van der Waals surface area (Å²) in [7, 11) is -1.56. The minimum Gasteiger partial charge on any atom is -0.379 e. The van der Waals surface area contributed by atoms with Crippen molar-refractivity contribution in [3.8, 4) is 0 Å². The summed E-state index contributed by atoms with van der Waals surface area (Å²) in [4.78, 5) is 6.48.